The molecule has 31 heavy (non-hydrogen) atoms. The van der Waals surface area contributed by atoms with Crippen molar-refractivity contribution in [2.75, 3.05) is 26.0 Å². The lowest BCUT2D eigenvalue weighted by Gasteiger charge is -2.25. The molecule has 3 rings (SSSR count). The van der Waals surface area contributed by atoms with Gasteiger partial charge in [0, 0.05) is 30.2 Å². The molecule has 1 aromatic heterocycles. The van der Waals surface area contributed by atoms with E-state index in [-0.39, 0.29) is 17.9 Å². The quantitative estimate of drug-likeness (QED) is 0.584. The van der Waals surface area contributed by atoms with E-state index >= 15 is 0 Å². The zero-order valence-electron chi connectivity index (χ0n) is 18.1. The van der Waals surface area contributed by atoms with E-state index < -0.39 is 0 Å². The molecule has 0 spiro atoms. The summed E-state index contributed by atoms with van der Waals surface area (Å²) in [6.45, 7) is 2.61. The molecule has 0 aliphatic rings. The Kier molecular flexibility index (Phi) is 7.51. The van der Waals surface area contributed by atoms with Crippen LogP contribution in [0, 0.1) is 0 Å². The fourth-order valence-electron chi connectivity index (χ4n) is 3.30. The molecular formula is C25H28N4O2. The number of carbonyl (C=O) groups is 2. The van der Waals surface area contributed by atoms with Crippen LogP contribution in [-0.2, 0) is 6.42 Å². The fraction of sp³-hybridized carbons (Fsp3) is 0.240. The van der Waals surface area contributed by atoms with Gasteiger partial charge in [-0.2, -0.15) is 0 Å². The first-order valence-electron chi connectivity index (χ1n) is 10.3. The molecule has 2 aromatic carbocycles. The lowest BCUT2D eigenvalue weighted by atomic mass is 10.0. The maximum atomic E-state index is 12.8. The summed E-state index contributed by atoms with van der Waals surface area (Å²) >= 11 is 0. The number of aryl methyl sites for hydroxylation is 1. The number of hydrogen-bond acceptors (Lipinski definition) is 4. The molecule has 1 atom stereocenters. The highest BCUT2D eigenvalue weighted by atomic mass is 16.2. The molecule has 0 bridgehead atoms. The van der Waals surface area contributed by atoms with Crippen molar-refractivity contribution in [3.63, 3.8) is 0 Å². The van der Waals surface area contributed by atoms with E-state index in [4.69, 9.17) is 0 Å². The van der Waals surface area contributed by atoms with Crippen LogP contribution in [0.15, 0.2) is 73.1 Å². The van der Waals surface area contributed by atoms with Crippen molar-refractivity contribution in [3.8, 4) is 0 Å². The minimum absolute atomic E-state index is 0.0586. The number of likely N-dealkylation sites (N-methyl/N-ethyl adjacent to an activating group) is 1. The SMILES string of the molecule is CCc1ccc(C(CNC(=O)c2cccc(NC(=O)c3cccnc3)c2)N(C)C)cc1. The van der Waals surface area contributed by atoms with Crippen LogP contribution < -0.4 is 10.6 Å². The van der Waals surface area contributed by atoms with Gasteiger partial charge in [-0.1, -0.05) is 37.3 Å². The molecule has 0 saturated carbocycles. The number of benzene rings is 2. The lowest BCUT2D eigenvalue weighted by Crippen LogP contribution is -2.34. The standard InChI is InChI=1S/C25H28N4O2/c1-4-18-10-12-19(13-11-18)23(29(2)3)17-27-24(30)20-7-5-9-22(15-20)28-25(31)21-8-6-14-26-16-21/h5-16,23H,4,17H2,1-3H3,(H,27,30)(H,28,31). The highest BCUT2D eigenvalue weighted by Crippen LogP contribution is 2.19. The van der Waals surface area contributed by atoms with E-state index in [1.807, 2.05) is 14.1 Å². The lowest BCUT2D eigenvalue weighted by molar-refractivity contribution is 0.0940. The predicted molar refractivity (Wildman–Crippen MR) is 123 cm³/mol. The van der Waals surface area contributed by atoms with Crippen molar-refractivity contribution in [1.82, 2.24) is 15.2 Å². The summed E-state index contributed by atoms with van der Waals surface area (Å²) in [6, 6.07) is 18.8. The van der Waals surface area contributed by atoms with Gasteiger partial charge in [-0.15, -0.1) is 0 Å². The summed E-state index contributed by atoms with van der Waals surface area (Å²) in [6.07, 6.45) is 4.11. The molecule has 6 heteroatoms. The second-order valence-corrected chi connectivity index (χ2v) is 7.56. The zero-order chi connectivity index (χ0) is 22.2. The minimum Gasteiger partial charge on any atom is -0.350 e. The van der Waals surface area contributed by atoms with Crippen LogP contribution in [0.3, 0.4) is 0 Å². The summed E-state index contributed by atoms with van der Waals surface area (Å²) in [5.74, 6) is -0.455. The van der Waals surface area contributed by atoms with Crippen molar-refractivity contribution in [1.29, 1.82) is 0 Å². The molecule has 2 amide bonds. The number of nitrogens with zero attached hydrogens (tertiary/aromatic N) is 2. The fourth-order valence-corrected chi connectivity index (χ4v) is 3.30. The molecular weight excluding hydrogens is 388 g/mol. The first-order valence-corrected chi connectivity index (χ1v) is 10.3. The summed E-state index contributed by atoms with van der Waals surface area (Å²) in [5, 5.41) is 5.82. The Morgan fingerprint density at radius 1 is 0.968 bits per heavy atom. The molecule has 1 heterocycles. The summed E-state index contributed by atoms with van der Waals surface area (Å²) < 4.78 is 0. The first kappa shape index (κ1) is 22.2. The van der Waals surface area contributed by atoms with Gasteiger partial charge in [0.25, 0.3) is 11.8 Å². The third-order valence-electron chi connectivity index (χ3n) is 5.16. The van der Waals surface area contributed by atoms with Crippen LogP contribution in [0.5, 0.6) is 0 Å². The van der Waals surface area contributed by atoms with E-state index in [0.29, 0.717) is 23.4 Å². The molecule has 0 saturated heterocycles. The second-order valence-electron chi connectivity index (χ2n) is 7.56. The average molecular weight is 417 g/mol. The van der Waals surface area contributed by atoms with Gasteiger partial charge in [-0.25, -0.2) is 0 Å². The van der Waals surface area contributed by atoms with Gasteiger partial charge >= 0.3 is 0 Å². The van der Waals surface area contributed by atoms with Gasteiger partial charge in [0.1, 0.15) is 0 Å². The molecule has 0 radical (unpaired) electrons. The van der Waals surface area contributed by atoms with Crippen molar-refractivity contribution in [2.24, 2.45) is 0 Å². The van der Waals surface area contributed by atoms with Crippen molar-refractivity contribution in [2.45, 2.75) is 19.4 Å². The normalized spacial score (nSPS) is 11.7. The van der Waals surface area contributed by atoms with Gasteiger partial charge in [0.2, 0.25) is 0 Å². The van der Waals surface area contributed by atoms with Crippen LogP contribution in [0.4, 0.5) is 5.69 Å². The summed E-state index contributed by atoms with van der Waals surface area (Å²) in [4.78, 5) is 31.1. The molecule has 0 aliphatic heterocycles. The highest BCUT2D eigenvalue weighted by molar-refractivity contribution is 6.04. The maximum Gasteiger partial charge on any atom is 0.257 e. The Bertz CT molecular complexity index is 1020. The summed E-state index contributed by atoms with van der Waals surface area (Å²) in [5.41, 5.74) is 3.94. The number of aromatic nitrogens is 1. The van der Waals surface area contributed by atoms with Gasteiger partial charge in [0.15, 0.2) is 0 Å². The van der Waals surface area contributed by atoms with Gasteiger partial charge in [0.05, 0.1) is 11.6 Å². The zero-order valence-corrected chi connectivity index (χ0v) is 18.1. The van der Waals surface area contributed by atoms with Crippen LogP contribution in [0.1, 0.15) is 44.8 Å². The average Bonchev–Trinajstić information content (AvgIpc) is 2.80. The Morgan fingerprint density at radius 3 is 2.35 bits per heavy atom. The second kappa shape index (κ2) is 10.5. The number of nitrogens with one attached hydrogen (secondary N) is 2. The maximum absolute atomic E-state index is 12.8. The Labute approximate surface area is 183 Å². The largest absolute Gasteiger partial charge is 0.350 e. The third-order valence-corrected chi connectivity index (χ3v) is 5.16. The molecule has 3 aromatic rings. The number of carbonyl (C=O) groups excluding carboxylic acids is 2. The summed E-state index contributed by atoms with van der Waals surface area (Å²) in [7, 11) is 4.00. The number of anilines is 1. The molecule has 0 aliphatic carbocycles. The van der Waals surface area contributed by atoms with Crippen molar-refractivity contribution in [3.05, 3.63) is 95.3 Å². The monoisotopic (exact) mass is 416 g/mol. The number of rotatable bonds is 8. The van der Waals surface area contributed by atoms with E-state index in [1.54, 1.807) is 42.6 Å². The Morgan fingerprint density at radius 2 is 1.71 bits per heavy atom. The number of pyridine rings is 1. The van der Waals surface area contributed by atoms with E-state index in [0.717, 1.165) is 12.0 Å². The number of amides is 2. The van der Waals surface area contributed by atoms with Gasteiger partial charge in [-0.3, -0.25) is 14.6 Å². The van der Waals surface area contributed by atoms with Crippen LogP contribution in [0.2, 0.25) is 0 Å². The van der Waals surface area contributed by atoms with Crippen molar-refractivity contribution < 1.29 is 9.59 Å². The molecule has 0 fully saturated rings. The molecule has 160 valence electrons. The molecule has 1 unspecified atom stereocenters. The number of hydrogen-bond donors (Lipinski definition) is 2. The van der Waals surface area contributed by atoms with E-state index in [1.165, 1.54) is 11.8 Å². The third kappa shape index (κ3) is 5.99. The van der Waals surface area contributed by atoms with E-state index in [2.05, 4.69) is 51.7 Å². The van der Waals surface area contributed by atoms with Crippen LogP contribution in [0.25, 0.3) is 0 Å². The van der Waals surface area contributed by atoms with E-state index in [9.17, 15) is 9.59 Å². The Balaban J connectivity index is 1.65. The minimum atomic E-state index is -0.270. The molecule has 6 nitrogen and oxygen atoms in total. The van der Waals surface area contributed by atoms with Crippen LogP contribution in [-0.4, -0.2) is 42.3 Å². The van der Waals surface area contributed by atoms with Gasteiger partial charge in [-0.05, 0) is 62.0 Å². The highest BCUT2D eigenvalue weighted by Gasteiger charge is 2.16. The van der Waals surface area contributed by atoms with Crippen LogP contribution >= 0.6 is 0 Å². The van der Waals surface area contributed by atoms with Gasteiger partial charge < -0.3 is 15.5 Å². The first-order chi connectivity index (χ1) is 15.0. The predicted octanol–water partition coefficient (Wildman–Crippen LogP) is 3.93. The van der Waals surface area contributed by atoms with Crippen molar-refractivity contribution >= 4 is 17.5 Å². The smallest absolute Gasteiger partial charge is 0.257 e. The molecule has 2 N–H and O–H groups in total. The Hall–Kier alpha value is -3.51. The topological polar surface area (TPSA) is 74.3 Å².